The van der Waals surface area contributed by atoms with Gasteiger partial charge in [-0.2, -0.15) is 0 Å². The summed E-state index contributed by atoms with van der Waals surface area (Å²) in [5, 5.41) is 2.66. The van der Waals surface area contributed by atoms with Crippen LogP contribution in [0.5, 0.6) is 0 Å². The second kappa shape index (κ2) is 5.40. The van der Waals surface area contributed by atoms with Gasteiger partial charge in [0.25, 0.3) is 5.91 Å². The standard InChI is InChI=1S/C14H12BrFN2O/c1-8-11(17)6-3-7-12(8)18-14(19)9-4-2-5-10(15)13(9)16/h2-7H,17H2,1H3,(H,18,19). The second-order valence-corrected chi connectivity index (χ2v) is 4.93. The molecule has 5 heteroatoms. The molecule has 0 saturated heterocycles. The van der Waals surface area contributed by atoms with E-state index in [2.05, 4.69) is 21.2 Å². The topological polar surface area (TPSA) is 55.1 Å². The van der Waals surface area contributed by atoms with E-state index in [4.69, 9.17) is 5.73 Å². The van der Waals surface area contributed by atoms with Gasteiger partial charge in [0, 0.05) is 11.4 Å². The van der Waals surface area contributed by atoms with E-state index < -0.39 is 11.7 Å². The first-order valence-electron chi connectivity index (χ1n) is 5.61. The van der Waals surface area contributed by atoms with Crippen LogP contribution < -0.4 is 11.1 Å². The molecule has 0 atom stereocenters. The number of carbonyl (C=O) groups is 1. The van der Waals surface area contributed by atoms with E-state index in [1.807, 2.05) is 0 Å². The maximum absolute atomic E-state index is 13.8. The Morgan fingerprint density at radius 1 is 1.26 bits per heavy atom. The van der Waals surface area contributed by atoms with Gasteiger partial charge < -0.3 is 11.1 Å². The fourth-order valence-corrected chi connectivity index (χ4v) is 2.02. The lowest BCUT2D eigenvalue weighted by atomic mass is 10.1. The van der Waals surface area contributed by atoms with Crippen molar-refractivity contribution < 1.29 is 9.18 Å². The quantitative estimate of drug-likeness (QED) is 0.828. The minimum absolute atomic E-state index is 0.0174. The number of nitrogens with one attached hydrogen (secondary N) is 1. The molecule has 0 bridgehead atoms. The number of hydrogen-bond donors (Lipinski definition) is 2. The lowest BCUT2D eigenvalue weighted by Gasteiger charge is -2.10. The van der Waals surface area contributed by atoms with Gasteiger partial charge in [0.15, 0.2) is 0 Å². The van der Waals surface area contributed by atoms with Gasteiger partial charge in [-0.3, -0.25) is 4.79 Å². The molecule has 2 aromatic rings. The van der Waals surface area contributed by atoms with Crippen LogP contribution in [0.3, 0.4) is 0 Å². The van der Waals surface area contributed by atoms with Crippen molar-refractivity contribution in [2.45, 2.75) is 6.92 Å². The van der Waals surface area contributed by atoms with Gasteiger partial charge in [0.2, 0.25) is 0 Å². The molecule has 0 spiro atoms. The number of anilines is 2. The number of benzene rings is 2. The molecule has 2 aromatic carbocycles. The molecule has 3 nitrogen and oxygen atoms in total. The van der Waals surface area contributed by atoms with E-state index >= 15 is 0 Å². The Morgan fingerprint density at radius 3 is 2.68 bits per heavy atom. The first kappa shape index (κ1) is 13.5. The smallest absolute Gasteiger partial charge is 0.258 e. The van der Waals surface area contributed by atoms with Gasteiger partial charge in [-0.05, 0) is 52.7 Å². The Hall–Kier alpha value is -1.88. The van der Waals surface area contributed by atoms with Crippen molar-refractivity contribution in [1.29, 1.82) is 0 Å². The number of amides is 1. The molecule has 1 amide bonds. The maximum Gasteiger partial charge on any atom is 0.258 e. The van der Waals surface area contributed by atoms with Crippen LogP contribution >= 0.6 is 15.9 Å². The Morgan fingerprint density at radius 2 is 1.95 bits per heavy atom. The highest BCUT2D eigenvalue weighted by molar-refractivity contribution is 9.10. The molecule has 0 unspecified atom stereocenters. The first-order chi connectivity index (χ1) is 9.00. The molecule has 0 radical (unpaired) electrons. The largest absolute Gasteiger partial charge is 0.398 e. The Balaban J connectivity index is 2.31. The van der Waals surface area contributed by atoms with Crippen LogP contribution in [-0.4, -0.2) is 5.91 Å². The fraction of sp³-hybridized carbons (Fsp3) is 0.0714. The molecule has 19 heavy (non-hydrogen) atoms. The zero-order chi connectivity index (χ0) is 14.0. The highest BCUT2D eigenvalue weighted by Crippen LogP contribution is 2.23. The van der Waals surface area contributed by atoms with Gasteiger partial charge >= 0.3 is 0 Å². The Labute approximate surface area is 118 Å². The van der Waals surface area contributed by atoms with Crippen molar-refractivity contribution in [3.63, 3.8) is 0 Å². The van der Waals surface area contributed by atoms with Crippen molar-refractivity contribution >= 4 is 33.2 Å². The van der Waals surface area contributed by atoms with Crippen LogP contribution in [0.1, 0.15) is 15.9 Å². The SMILES string of the molecule is Cc1c(N)cccc1NC(=O)c1cccc(Br)c1F. The molecule has 0 saturated carbocycles. The normalized spacial score (nSPS) is 10.3. The van der Waals surface area contributed by atoms with Crippen LogP contribution in [0.15, 0.2) is 40.9 Å². The van der Waals surface area contributed by atoms with Crippen molar-refractivity contribution in [2.24, 2.45) is 0 Å². The summed E-state index contributed by atoms with van der Waals surface area (Å²) in [5.41, 5.74) is 7.64. The van der Waals surface area contributed by atoms with Crippen molar-refractivity contribution in [3.8, 4) is 0 Å². The third-order valence-electron chi connectivity index (χ3n) is 2.82. The average Bonchev–Trinajstić information content (AvgIpc) is 2.38. The Bertz CT molecular complexity index is 643. The van der Waals surface area contributed by atoms with E-state index in [1.54, 1.807) is 31.2 Å². The van der Waals surface area contributed by atoms with Crippen LogP contribution in [0.25, 0.3) is 0 Å². The van der Waals surface area contributed by atoms with Gasteiger partial charge in [-0.25, -0.2) is 4.39 Å². The van der Waals surface area contributed by atoms with E-state index in [1.165, 1.54) is 12.1 Å². The summed E-state index contributed by atoms with van der Waals surface area (Å²) in [7, 11) is 0. The predicted molar refractivity (Wildman–Crippen MR) is 77.6 cm³/mol. The molecule has 0 aliphatic heterocycles. The van der Waals surface area contributed by atoms with Crippen LogP contribution in [-0.2, 0) is 0 Å². The van der Waals surface area contributed by atoms with Crippen molar-refractivity contribution in [2.75, 3.05) is 11.1 Å². The van der Waals surface area contributed by atoms with Gasteiger partial charge in [-0.1, -0.05) is 12.1 Å². The predicted octanol–water partition coefficient (Wildman–Crippen LogP) is 3.73. The molecule has 0 aliphatic carbocycles. The van der Waals surface area contributed by atoms with E-state index in [-0.39, 0.29) is 10.0 Å². The molecule has 98 valence electrons. The number of nitrogens with two attached hydrogens (primary N) is 1. The zero-order valence-electron chi connectivity index (χ0n) is 10.2. The maximum atomic E-state index is 13.8. The van der Waals surface area contributed by atoms with Gasteiger partial charge in [0.1, 0.15) is 5.82 Å². The summed E-state index contributed by atoms with van der Waals surface area (Å²) < 4.78 is 14.1. The van der Waals surface area contributed by atoms with E-state index in [0.717, 1.165) is 5.56 Å². The summed E-state index contributed by atoms with van der Waals surface area (Å²) in [4.78, 5) is 12.0. The summed E-state index contributed by atoms with van der Waals surface area (Å²) in [6.07, 6.45) is 0. The minimum atomic E-state index is -0.582. The third kappa shape index (κ3) is 2.76. The molecule has 0 aliphatic rings. The first-order valence-corrected chi connectivity index (χ1v) is 6.40. The van der Waals surface area contributed by atoms with E-state index in [0.29, 0.717) is 11.4 Å². The number of nitrogen functional groups attached to an aromatic ring is 1. The number of carbonyl (C=O) groups excluding carboxylic acids is 1. The number of hydrogen-bond acceptors (Lipinski definition) is 2. The second-order valence-electron chi connectivity index (χ2n) is 4.08. The summed E-state index contributed by atoms with van der Waals surface area (Å²) in [6, 6.07) is 9.77. The van der Waals surface area contributed by atoms with Crippen LogP contribution in [0.4, 0.5) is 15.8 Å². The highest BCUT2D eigenvalue weighted by atomic mass is 79.9. The monoisotopic (exact) mass is 322 g/mol. The lowest BCUT2D eigenvalue weighted by Crippen LogP contribution is -2.15. The number of rotatable bonds is 2. The zero-order valence-corrected chi connectivity index (χ0v) is 11.8. The van der Waals surface area contributed by atoms with Gasteiger partial charge in [-0.15, -0.1) is 0 Å². The average molecular weight is 323 g/mol. The fourth-order valence-electron chi connectivity index (χ4n) is 1.66. The minimum Gasteiger partial charge on any atom is -0.398 e. The van der Waals surface area contributed by atoms with Crippen LogP contribution in [0.2, 0.25) is 0 Å². The highest BCUT2D eigenvalue weighted by Gasteiger charge is 2.14. The molecule has 3 N–H and O–H groups in total. The van der Waals surface area contributed by atoms with Gasteiger partial charge in [0.05, 0.1) is 10.0 Å². The molecular weight excluding hydrogens is 311 g/mol. The molecule has 0 fully saturated rings. The third-order valence-corrected chi connectivity index (χ3v) is 3.43. The molecule has 0 heterocycles. The molecule has 2 rings (SSSR count). The Kier molecular flexibility index (Phi) is 3.85. The number of halogens is 2. The summed E-state index contributed by atoms with van der Waals surface area (Å²) >= 11 is 3.05. The molecule has 0 aromatic heterocycles. The molecular formula is C14H12BrFN2O. The summed E-state index contributed by atoms with van der Waals surface area (Å²) in [5.74, 6) is -1.09. The van der Waals surface area contributed by atoms with Crippen LogP contribution in [0, 0.1) is 12.7 Å². The van der Waals surface area contributed by atoms with Crippen molar-refractivity contribution in [3.05, 3.63) is 57.8 Å². The van der Waals surface area contributed by atoms with E-state index in [9.17, 15) is 9.18 Å². The van der Waals surface area contributed by atoms with Crippen molar-refractivity contribution in [1.82, 2.24) is 0 Å². The summed E-state index contributed by atoms with van der Waals surface area (Å²) in [6.45, 7) is 1.79. The lowest BCUT2D eigenvalue weighted by molar-refractivity contribution is 0.102.